The summed E-state index contributed by atoms with van der Waals surface area (Å²) in [5.41, 5.74) is 0.0110. The van der Waals surface area contributed by atoms with Gasteiger partial charge < -0.3 is 5.32 Å². The Morgan fingerprint density at radius 1 is 1.30 bits per heavy atom. The van der Waals surface area contributed by atoms with Crippen molar-refractivity contribution in [3.63, 3.8) is 0 Å². The van der Waals surface area contributed by atoms with Crippen molar-refractivity contribution in [2.24, 2.45) is 0 Å². The molecule has 1 saturated carbocycles. The van der Waals surface area contributed by atoms with Crippen molar-refractivity contribution in [1.29, 1.82) is 0 Å². The lowest BCUT2D eigenvalue weighted by atomic mass is 10.1. The zero-order valence-electron chi connectivity index (χ0n) is 5.94. The molecule has 2 rings (SSSR count). The summed E-state index contributed by atoms with van der Waals surface area (Å²) in [6.45, 7) is 0.514. The van der Waals surface area contributed by atoms with Crippen LogP contribution >= 0.6 is 0 Å². The Kier molecular flexibility index (Phi) is 1.20. The quantitative estimate of drug-likeness (QED) is 0.496. The van der Waals surface area contributed by atoms with Gasteiger partial charge in [0.05, 0.1) is 12.2 Å². The fourth-order valence-corrected chi connectivity index (χ4v) is 1.89. The molecule has 0 atom stereocenters. The van der Waals surface area contributed by atoms with E-state index in [1.165, 1.54) is 12.8 Å². The van der Waals surface area contributed by atoms with E-state index in [0.29, 0.717) is 6.54 Å². The first-order chi connectivity index (χ1) is 4.81. The molecule has 0 bridgehead atoms. The van der Waals surface area contributed by atoms with Crippen molar-refractivity contribution in [2.45, 2.75) is 31.3 Å². The van der Waals surface area contributed by atoms with E-state index >= 15 is 0 Å². The number of carbonyl (C=O) groups is 1. The van der Waals surface area contributed by atoms with Crippen LogP contribution < -0.4 is 10.6 Å². The van der Waals surface area contributed by atoms with Gasteiger partial charge in [-0.25, -0.2) is 0 Å². The van der Waals surface area contributed by atoms with Crippen LogP contribution in [0, 0.1) is 0 Å². The zero-order valence-corrected chi connectivity index (χ0v) is 5.94. The second kappa shape index (κ2) is 1.95. The Balaban J connectivity index is 2.09. The minimum absolute atomic E-state index is 0.0110. The molecule has 1 aliphatic heterocycles. The third kappa shape index (κ3) is 0.814. The first-order valence-electron chi connectivity index (χ1n) is 3.87. The van der Waals surface area contributed by atoms with E-state index in [1.54, 1.807) is 0 Å². The second-order valence-corrected chi connectivity index (χ2v) is 3.19. The van der Waals surface area contributed by atoms with Gasteiger partial charge in [-0.1, -0.05) is 0 Å². The maximum atomic E-state index is 10.8. The summed E-state index contributed by atoms with van der Waals surface area (Å²) in [4.78, 5) is 10.8. The van der Waals surface area contributed by atoms with Gasteiger partial charge in [-0.15, -0.1) is 0 Å². The molecule has 3 nitrogen and oxygen atoms in total. The van der Waals surface area contributed by atoms with Gasteiger partial charge in [0.2, 0.25) is 5.91 Å². The molecule has 1 aliphatic carbocycles. The molecule has 56 valence electrons. The maximum absolute atomic E-state index is 10.8. The number of hydrogen-bond acceptors (Lipinski definition) is 2. The van der Waals surface area contributed by atoms with Gasteiger partial charge in [0.15, 0.2) is 0 Å². The van der Waals surface area contributed by atoms with Crippen molar-refractivity contribution in [2.75, 3.05) is 6.54 Å². The molecule has 1 heterocycles. The summed E-state index contributed by atoms with van der Waals surface area (Å²) in [5, 5.41) is 6.20. The summed E-state index contributed by atoms with van der Waals surface area (Å²) >= 11 is 0. The molecule has 1 saturated heterocycles. The molecule has 0 aromatic heterocycles. The van der Waals surface area contributed by atoms with Gasteiger partial charge in [0.25, 0.3) is 0 Å². The number of nitrogens with one attached hydrogen (secondary N) is 2. The Morgan fingerprint density at radius 3 is 2.50 bits per heavy atom. The van der Waals surface area contributed by atoms with Gasteiger partial charge >= 0.3 is 0 Å². The number of amides is 1. The SMILES string of the molecule is O=C1CNC2(CCCC2)N1. The topological polar surface area (TPSA) is 41.1 Å². The fourth-order valence-electron chi connectivity index (χ4n) is 1.89. The Labute approximate surface area is 60.2 Å². The van der Waals surface area contributed by atoms with Crippen LogP contribution in [0.3, 0.4) is 0 Å². The summed E-state index contributed by atoms with van der Waals surface area (Å²) < 4.78 is 0. The lowest BCUT2D eigenvalue weighted by Crippen LogP contribution is -2.46. The Morgan fingerprint density at radius 2 is 2.00 bits per heavy atom. The molecular formula is C7H12N2O. The van der Waals surface area contributed by atoms with Crippen LogP contribution in [0.4, 0.5) is 0 Å². The van der Waals surface area contributed by atoms with Gasteiger partial charge in [0.1, 0.15) is 0 Å². The minimum Gasteiger partial charge on any atom is -0.337 e. The van der Waals surface area contributed by atoms with E-state index in [-0.39, 0.29) is 11.6 Å². The molecule has 3 heteroatoms. The Bertz CT molecular complexity index is 161. The van der Waals surface area contributed by atoms with Crippen LogP contribution in [-0.4, -0.2) is 18.1 Å². The predicted octanol–water partition coefficient (Wildman–Crippen LogP) is -0.0239. The highest BCUT2D eigenvalue weighted by molar-refractivity contribution is 5.81. The van der Waals surface area contributed by atoms with E-state index in [9.17, 15) is 4.79 Å². The van der Waals surface area contributed by atoms with E-state index in [0.717, 1.165) is 12.8 Å². The van der Waals surface area contributed by atoms with Crippen molar-refractivity contribution in [3.05, 3.63) is 0 Å². The zero-order chi connectivity index (χ0) is 7.03. The highest BCUT2D eigenvalue weighted by atomic mass is 16.2. The Hall–Kier alpha value is -0.570. The molecule has 0 radical (unpaired) electrons. The molecule has 2 N–H and O–H groups in total. The predicted molar refractivity (Wildman–Crippen MR) is 37.3 cm³/mol. The van der Waals surface area contributed by atoms with E-state index in [4.69, 9.17) is 0 Å². The summed E-state index contributed by atoms with van der Waals surface area (Å²) in [6.07, 6.45) is 4.71. The lowest BCUT2D eigenvalue weighted by Gasteiger charge is -2.22. The van der Waals surface area contributed by atoms with Crippen molar-refractivity contribution in [1.82, 2.24) is 10.6 Å². The van der Waals surface area contributed by atoms with E-state index in [1.807, 2.05) is 0 Å². The van der Waals surface area contributed by atoms with Crippen molar-refractivity contribution in [3.8, 4) is 0 Å². The number of rotatable bonds is 0. The first kappa shape index (κ1) is 6.16. The van der Waals surface area contributed by atoms with Gasteiger partial charge in [-0.2, -0.15) is 0 Å². The highest BCUT2D eigenvalue weighted by Crippen LogP contribution is 2.28. The summed E-state index contributed by atoms with van der Waals surface area (Å²) in [7, 11) is 0. The number of carbonyl (C=O) groups excluding carboxylic acids is 1. The van der Waals surface area contributed by atoms with Crippen molar-refractivity contribution >= 4 is 5.91 Å². The first-order valence-corrected chi connectivity index (χ1v) is 3.87. The fraction of sp³-hybridized carbons (Fsp3) is 0.857. The summed E-state index contributed by atoms with van der Waals surface area (Å²) in [5.74, 6) is 0.155. The molecule has 2 aliphatic rings. The molecule has 0 aromatic rings. The van der Waals surface area contributed by atoms with Crippen LogP contribution in [0.2, 0.25) is 0 Å². The average molecular weight is 140 g/mol. The normalized spacial score (nSPS) is 29.4. The highest BCUT2D eigenvalue weighted by Gasteiger charge is 2.39. The smallest absolute Gasteiger partial charge is 0.235 e. The van der Waals surface area contributed by atoms with Crippen LogP contribution in [0.15, 0.2) is 0 Å². The maximum Gasteiger partial charge on any atom is 0.235 e. The van der Waals surface area contributed by atoms with E-state index < -0.39 is 0 Å². The second-order valence-electron chi connectivity index (χ2n) is 3.19. The molecule has 2 fully saturated rings. The standard InChI is InChI=1S/C7H12N2O/c10-6-5-8-7(9-6)3-1-2-4-7/h8H,1-5H2,(H,9,10). The van der Waals surface area contributed by atoms with Gasteiger partial charge in [-0.3, -0.25) is 10.1 Å². The van der Waals surface area contributed by atoms with Crippen LogP contribution in [-0.2, 0) is 4.79 Å². The van der Waals surface area contributed by atoms with Gasteiger partial charge in [-0.05, 0) is 25.7 Å². The van der Waals surface area contributed by atoms with Gasteiger partial charge in [0, 0.05) is 0 Å². The molecule has 1 amide bonds. The van der Waals surface area contributed by atoms with Crippen molar-refractivity contribution < 1.29 is 4.79 Å². The van der Waals surface area contributed by atoms with E-state index in [2.05, 4.69) is 10.6 Å². The van der Waals surface area contributed by atoms with Crippen LogP contribution in [0.1, 0.15) is 25.7 Å². The molecular weight excluding hydrogens is 128 g/mol. The third-order valence-corrected chi connectivity index (χ3v) is 2.42. The minimum atomic E-state index is 0.0110. The van der Waals surface area contributed by atoms with Crippen LogP contribution in [0.5, 0.6) is 0 Å². The molecule has 10 heavy (non-hydrogen) atoms. The number of hydrogen-bond donors (Lipinski definition) is 2. The third-order valence-electron chi connectivity index (χ3n) is 2.42. The molecule has 0 unspecified atom stereocenters. The monoisotopic (exact) mass is 140 g/mol. The summed E-state index contributed by atoms with van der Waals surface area (Å²) in [6, 6.07) is 0. The molecule has 1 spiro atoms. The average Bonchev–Trinajstić information content (AvgIpc) is 2.46. The van der Waals surface area contributed by atoms with Crippen LogP contribution in [0.25, 0.3) is 0 Å². The largest absolute Gasteiger partial charge is 0.337 e. The lowest BCUT2D eigenvalue weighted by molar-refractivity contribution is -0.118. The molecule has 0 aromatic carbocycles.